The fraction of sp³-hybridized carbons (Fsp3) is 0.611. The predicted octanol–water partition coefficient (Wildman–Crippen LogP) is 2.72. The highest BCUT2D eigenvalue weighted by atomic mass is 16.3. The lowest BCUT2D eigenvalue weighted by atomic mass is 9.81. The first kappa shape index (κ1) is 17.6. The molecule has 2 rings (SSSR count). The second kappa shape index (κ2) is 6.79. The smallest absolute Gasteiger partial charge is 0.315 e. The van der Waals surface area contributed by atoms with Crippen LogP contribution in [-0.2, 0) is 6.42 Å². The van der Waals surface area contributed by atoms with Gasteiger partial charge in [-0.25, -0.2) is 4.79 Å². The van der Waals surface area contributed by atoms with Crippen LogP contribution in [0.4, 0.5) is 4.79 Å². The minimum atomic E-state index is -0.480. The van der Waals surface area contributed by atoms with E-state index in [9.17, 15) is 15.0 Å². The average Bonchev–Trinajstić information content (AvgIpc) is 2.89. The van der Waals surface area contributed by atoms with Crippen molar-refractivity contribution in [2.45, 2.75) is 52.7 Å². The number of hydrogen-bond acceptors (Lipinski definition) is 3. The van der Waals surface area contributed by atoms with Gasteiger partial charge < -0.3 is 20.8 Å². The number of aromatic hydroxyl groups is 1. The van der Waals surface area contributed by atoms with Gasteiger partial charge in [-0.3, -0.25) is 0 Å². The maximum atomic E-state index is 12.2. The number of phenolic OH excluding ortho intramolecular Hbond substituents is 1. The molecule has 0 saturated heterocycles. The second-order valence-corrected chi connectivity index (χ2v) is 7.44. The van der Waals surface area contributed by atoms with Crippen LogP contribution in [0.3, 0.4) is 0 Å². The summed E-state index contributed by atoms with van der Waals surface area (Å²) in [5.74, 6) is 0.438. The molecule has 0 radical (unpaired) electrons. The van der Waals surface area contributed by atoms with Crippen molar-refractivity contribution in [3.05, 3.63) is 29.3 Å². The third kappa shape index (κ3) is 3.96. The Morgan fingerprint density at radius 2 is 2.09 bits per heavy atom. The quantitative estimate of drug-likeness (QED) is 0.673. The number of phenols is 1. The number of aliphatic hydroxyl groups is 1. The molecule has 0 aromatic heterocycles. The largest absolute Gasteiger partial charge is 0.508 e. The summed E-state index contributed by atoms with van der Waals surface area (Å²) in [6.45, 7) is 8.22. The van der Waals surface area contributed by atoms with Gasteiger partial charge in [0.1, 0.15) is 5.75 Å². The van der Waals surface area contributed by atoms with Crippen molar-refractivity contribution < 1.29 is 15.0 Å². The van der Waals surface area contributed by atoms with Crippen molar-refractivity contribution in [2.24, 2.45) is 11.3 Å². The average molecular weight is 320 g/mol. The molecule has 1 aromatic carbocycles. The zero-order valence-electron chi connectivity index (χ0n) is 14.4. The van der Waals surface area contributed by atoms with Crippen LogP contribution in [0.15, 0.2) is 18.2 Å². The molecule has 0 spiro atoms. The Balaban J connectivity index is 1.91. The van der Waals surface area contributed by atoms with Crippen LogP contribution in [0, 0.1) is 11.3 Å². The standard InChI is InChI=1S/C18H28N2O3/c1-11(2)16(22)18(3,4)10-19-17(23)20-14-9-8-13-12(14)6-5-7-15(13)21/h5-7,11,14,16,21-22H,8-10H2,1-4H3,(H2,19,20,23). The molecule has 5 nitrogen and oxygen atoms in total. The van der Waals surface area contributed by atoms with Gasteiger partial charge in [0.15, 0.2) is 0 Å². The lowest BCUT2D eigenvalue weighted by Gasteiger charge is -2.33. The monoisotopic (exact) mass is 320 g/mol. The molecule has 2 unspecified atom stereocenters. The summed E-state index contributed by atoms with van der Waals surface area (Å²) in [5, 5.41) is 25.9. The van der Waals surface area contributed by atoms with E-state index in [1.165, 1.54) is 0 Å². The summed E-state index contributed by atoms with van der Waals surface area (Å²) in [6.07, 6.45) is 1.08. The first-order valence-electron chi connectivity index (χ1n) is 8.25. The first-order chi connectivity index (χ1) is 10.7. The number of fused-ring (bicyclic) bond motifs is 1. The van der Waals surface area contributed by atoms with Gasteiger partial charge >= 0.3 is 6.03 Å². The normalized spacial score (nSPS) is 18.6. The van der Waals surface area contributed by atoms with Crippen molar-refractivity contribution in [3.63, 3.8) is 0 Å². The van der Waals surface area contributed by atoms with E-state index in [0.29, 0.717) is 12.3 Å². The molecule has 2 amide bonds. The second-order valence-electron chi connectivity index (χ2n) is 7.44. The van der Waals surface area contributed by atoms with Crippen LogP contribution in [-0.4, -0.2) is 28.9 Å². The van der Waals surface area contributed by atoms with Gasteiger partial charge in [-0.15, -0.1) is 0 Å². The van der Waals surface area contributed by atoms with E-state index in [2.05, 4.69) is 10.6 Å². The molecule has 0 fully saturated rings. The van der Waals surface area contributed by atoms with Crippen LogP contribution < -0.4 is 10.6 Å². The van der Waals surface area contributed by atoms with Crippen molar-refractivity contribution in [1.82, 2.24) is 10.6 Å². The Morgan fingerprint density at radius 3 is 2.74 bits per heavy atom. The van der Waals surface area contributed by atoms with Gasteiger partial charge in [0.05, 0.1) is 12.1 Å². The number of carbonyl (C=O) groups excluding carboxylic acids is 1. The summed E-state index contributed by atoms with van der Waals surface area (Å²) in [4.78, 5) is 12.2. The zero-order chi connectivity index (χ0) is 17.2. The van der Waals surface area contributed by atoms with E-state index < -0.39 is 11.5 Å². The SMILES string of the molecule is CC(C)C(O)C(C)(C)CNC(=O)NC1CCc2c(O)cccc21. The molecule has 0 heterocycles. The summed E-state index contributed by atoms with van der Waals surface area (Å²) < 4.78 is 0. The van der Waals surface area contributed by atoms with Gasteiger partial charge in [0.25, 0.3) is 0 Å². The lowest BCUT2D eigenvalue weighted by Crippen LogP contribution is -2.46. The van der Waals surface area contributed by atoms with E-state index in [4.69, 9.17) is 0 Å². The predicted molar refractivity (Wildman–Crippen MR) is 90.3 cm³/mol. The van der Waals surface area contributed by atoms with Gasteiger partial charge in [0, 0.05) is 12.0 Å². The summed E-state index contributed by atoms with van der Waals surface area (Å²) in [7, 11) is 0. The Labute approximate surface area is 138 Å². The van der Waals surface area contributed by atoms with Crippen LogP contribution in [0.5, 0.6) is 5.75 Å². The highest BCUT2D eigenvalue weighted by Crippen LogP contribution is 2.36. The lowest BCUT2D eigenvalue weighted by molar-refractivity contribution is 0.0151. The number of benzene rings is 1. The fourth-order valence-electron chi connectivity index (χ4n) is 3.31. The molecular weight excluding hydrogens is 292 g/mol. The topological polar surface area (TPSA) is 81.6 Å². The van der Waals surface area contributed by atoms with Crippen molar-refractivity contribution in [1.29, 1.82) is 0 Å². The molecule has 0 bridgehead atoms. The fourth-order valence-corrected chi connectivity index (χ4v) is 3.31. The van der Waals surface area contributed by atoms with Crippen molar-refractivity contribution in [2.75, 3.05) is 6.54 Å². The minimum Gasteiger partial charge on any atom is -0.508 e. The third-order valence-electron chi connectivity index (χ3n) is 4.69. The molecule has 5 heteroatoms. The van der Waals surface area contributed by atoms with E-state index >= 15 is 0 Å². The van der Waals surface area contributed by atoms with Gasteiger partial charge in [0.2, 0.25) is 0 Å². The van der Waals surface area contributed by atoms with Crippen molar-refractivity contribution >= 4 is 6.03 Å². The first-order valence-corrected chi connectivity index (χ1v) is 8.25. The zero-order valence-corrected chi connectivity index (χ0v) is 14.4. The highest BCUT2D eigenvalue weighted by Gasteiger charge is 2.31. The molecule has 0 saturated carbocycles. The molecule has 1 aliphatic carbocycles. The number of carbonyl (C=O) groups is 1. The molecule has 1 aliphatic rings. The maximum Gasteiger partial charge on any atom is 0.315 e. The Hall–Kier alpha value is -1.75. The van der Waals surface area contributed by atoms with E-state index in [1.54, 1.807) is 12.1 Å². The molecule has 23 heavy (non-hydrogen) atoms. The molecule has 1 aromatic rings. The number of aliphatic hydroxyl groups excluding tert-OH is 1. The highest BCUT2D eigenvalue weighted by molar-refractivity contribution is 5.74. The van der Waals surface area contributed by atoms with Gasteiger partial charge in [-0.05, 0) is 36.0 Å². The molecular formula is C18H28N2O3. The van der Waals surface area contributed by atoms with Crippen LogP contribution >= 0.6 is 0 Å². The summed E-state index contributed by atoms with van der Waals surface area (Å²) in [6, 6.07) is 5.11. The Bertz CT molecular complexity index is 569. The van der Waals surface area contributed by atoms with Crippen LogP contribution in [0.25, 0.3) is 0 Å². The molecule has 0 aliphatic heterocycles. The van der Waals surface area contributed by atoms with Crippen molar-refractivity contribution in [3.8, 4) is 5.75 Å². The minimum absolute atomic E-state index is 0.0739. The Kier molecular flexibility index (Phi) is 5.19. The molecule has 128 valence electrons. The van der Waals surface area contributed by atoms with E-state index in [1.807, 2.05) is 33.8 Å². The number of amides is 2. The van der Waals surface area contributed by atoms with Gasteiger partial charge in [-0.2, -0.15) is 0 Å². The summed E-state index contributed by atoms with van der Waals surface area (Å²) >= 11 is 0. The number of urea groups is 1. The summed E-state index contributed by atoms with van der Waals surface area (Å²) in [5.41, 5.74) is 1.52. The maximum absolute atomic E-state index is 12.2. The van der Waals surface area contributed by atoms with Crippen LogP contribution in [0.2, 0.25) is 0 Å². The molecule has 2 atom stereocenters. The Morgan fingerprint density at radius 1 is 1.39 bits per heavy atom. The molecule has 4 N–H and O–H groups in total. The van der Waals surface area contributed by atoms with E-state index in [-0.39, 0.29) is 18.0 Å². The number of rotatable bonds is 5. The third-order valence-corrected chi connectivity index (χ3v) is 4.69. The number of hydrogen-bond donors (Lipinski definition) is 4. The number of nitrogens with one attached hydrogen (secondary N) is 2. The van der Waals surface area contributed by atoms with Gasteiger partial charge in [-0.1, -0.05) is 39.8 Å². The van der Waals surface area contributed by atoms with E-state index in [0.717, 1.165) is 24.0 Å². The van der Waals surface area contributed by atoms with Crippen LogP contribution in [0.1, 0.15) is 51.3 Å².